The van der Waals surface area contributed by atoms with Crippen molar-refractivity contribution in [2.75, 3.05) is 16.8 Å². The van der Waals surface area contributed by atoms with Crippen molar-refractivity contribution in [1.29, 1.82) is 0 Å². The van der Waals surface area contributed by atoms with Crippen LogP contribution in [0.25, 0.3) is 0 Å². The first kappa shape index (κ1) is 18.1. The lowest BCUT2D eigenvalue weighted by atomic mass is 10.0. The maximum atomic E-state index is 13.4. The number of nitrogens with zero attached hydrogens (tertiary/aromatic N) is 1. The van der Waals surface area contributed by atoms with E-state index in [-0.39, 0.29) is 24.8 Å². The van der Waals surface area contributed by atoms with E-state index in [9.17, 15) is 14.0 Å². The van der Waals surface area contributed by atoms with Crippen LogP contribution in [0.1, 0.15) is 31.4 Å². The highest BCUT2D eigenvalue weighted by atomic mass is 19.1. The number of nitrogens with one attached hydrogen (secondary N) is 1. The summed E-state index contributed by atoms with van der Waals surface area (Å²) in [5, 5.41) is 3.03. The van der Waals surface area contributed by atoms with Crippen molar-refractivity contribution in [2.24, 2.45) is 5.92 Å². The highest BCUT2D eigenvalue weighted by Crippen LogP contribution is 2.28. The van der Waals surface area contributed by atoms with Crippen molar-refractivity contribution >= 4 is 23.2 Å². The van der Waals surface area contributed by atoms with Gasteiger partial charge in [-0.1, -0.05) is 38.1 Å². The molecule has 1 fully saturated rings. The van der Waals surface area contributed by atoms with Gasteiger partial charge in [-0.05, 0) is 42.2 Å². The van der Waals surface area contributed by atoms with Gasteiger partial charge in [0.2, 0.25) is 11.8 Å². The van der Waals surface area contributed by atoms with Crippen molar-refractivity contribution in [3.8, 4) is 0 Å². The van der Waals surface area contributed by atoms with Crippen LogP contribution in [0.15, 0.2) is 42.5 Å². The lowest BCUT2D eigenvalue weighted by Gasteiger charge is -2.18. The van der Waals surface area contributed by atoms with Crippen LogP contribution in [0.3, 0.4) is 0 Å². The Bertz CT molecular complexity index is 812. The summed E-state index contributed by atoms with van der Waals surface area (Å²) in [7, 11) is 0. The Kier molecular flexibility index (Phi) is 5.35. The van der Waals surface area contributed by atoms with E-state index in [1.54, 1.807) is 12.1 Å². The van der Waals surface area contributed by atoms with E-state index in [1.165, 1.54) is 17.0 Å². The Hall–Kier alpha value is -2.69. The third-order valence-corrected chi connectivity index (χ3v) is 4.86. The molecule has 4 nitrogen and oxygen atoms in total. The largest absolute Gasteiger partial charge is 0.325 e. The zero-order chi connectivity index (χ0) is 18.7. The fourth-order valence-electron chi connectivity index (χ4n) is 3.41. The number of hydrogen-bond donors (Lipinski definition) is 1. The minimum atomic E-state index is -0.444. The number of amides is 2. The molecule has 0 aromatic heterocycles. The van der Waals surface area contributed by atoms with Crippen molar-refractivity contribution in [3.63, 3.8) is 0 Å². The minimum Gasteiger partial charge on any atom is -0.325 e. The molecular weight excluding hydrogens is 331 g/mol. The summed E-state index contributed by atoms with van der Waals surface area (Å²) in [5.74, 6) is -1.16. The molecule has 0 saturated carbocycles. The average Bonchev–Trinajstić information content (AvgIpc) is 3.03. The Morgan fingerprint density at radius 1 is 1.15 bits per heavy atom. The molecule has 1 N–H and O–H groups in total. The molecule has 3 rings (SSSR count). The van der Waals surface area contributed by atoms with Gasteiger partial charge in [-0.15, -0.1) is 0 Å². The molecule has 26 heavy (non-hydrogen) atoms. The first-order valence-electron chi connectivity index (χ1n) is 9.01. The summed E-state index contributed by atoms with van der Waals surface area (Å²) < 4.78 is 13.4. The second-order valence-corrected chi connectivity index (χ2v) is 6.53. The van der Waals surface area contributed by atoms with Gasteiger partial charge >= 0.3 is 0 Å². The molecule has 5 heteroatoms. The molecule has 2 aromatic carbocycles. The molecule has 0 bridgehead atoms. The van der Waals surface area contributed by atoms with E-state index >= 15 is 0 Å². The number of aryl methyl sites for hydroxylation is 2. The van der Waals surface area contributed by atoms with Crippen LogP contribution >= 0.6 is 0 Å². The van der Waals surface area contributed by atoms with Crippen LogP contribution in [0.2, 0.25) is 0 Å². The highest BCUT2D eigenvalue weighted by Gasteiger charge is 2.35. The van der Waals surface area contributed by atoms with E-state index in [2.05, 4.69) is 19.2 Å². The zero-order valence-corrected chi connectivity index (χ0v) is 15.1. The van der Waals surface area contributed by atoms with Crippen molar-refractivity contribution in [3.05, 3.63) is 59.4 Å². The minimum absolute atomic E-state index is 0.137. The predicted octanol–water partition coefficient (Wildman–Crippen LogP) is 3.94. The zero-order valence-electron chi connectivity index (χ0n) is 15.1. The monoisotopic (exact) mass is 354 g/mol. The molecule has 1 aliphatic rings. The van der Waals surface area contributed by atoms with E-state index < -0.39 is 11.7 Å². The fourth-order valence-corrected chi connectivity index (χ4v) is 3.41. The first-order valence-corrected chi connectivity index (χ1v) is 9.01. The Labute approximate surface area is 153 Å². The van der Waals surface area contributed by atoms with E-state index in [0.717, 1.165) is 29.7 Å². The van der Waals surface area contributed by atoms with Gasteiger partial charge in [0.15, 0.2) is 0 Å². The lowest BCUT2D eigenvalue weighted by Crippen LogP contribution is -2.28. The summed E-state index contributed by atoms with van der Waals surface area (Å²) in [5.41, 5.74) is 3.53. The average molecular weight is 354 g/mol. The number of hydrogen-bond acceptors (Lipinski definition) is 2. The van der Waals surface area contributed by atoms with Gasteiger partial charge in [-0.3, -0.25) is 9.59 Å². The van der Waals surface area contributed by atoms with Crippen LogP contribution in [0.4, 0.5) is 15.8 Å². The molecule has 0 radical (unpaired) electrons. The summed E-state index contributed by atoms with van der Waals surface area (Å²) in [6, 6.07) is 11.9. The molecular formula is C21H23FN2O2. The molecule has 1 unspecified atom stereocenters. The van der Waals surface area contributed by atoms with Crippen LogP contribution in [-0.4, -0.2) is 18.4 Å². The normalized spacial score (nSPS) is 16.8. The molecule has 1 aliphatic heterocycles. The van der Waals surface area contributed by atoms with E-state index in [0.29, 0.717) is 5.69 Å². The molecule has 1 atom stereocenters. The van der Waals surface area contributed by atoms with Crippen LogP contribution in [-0.2, 0) is 22.4 Å². The van der Waals surface area contributed by atoms with Gasteiger partial charge in [0.1, 0.15) is 5.82 Å². The number of rotatable bonds is 5. The number of carbonyl (C=O) groups is 2. The van der Waals surface area contributed by atoms with Crippen LogP contribution in [0.5, 0.6) is 0 Å². The summed E-state index contributed by atoms with van der Waals surface area (Å²) >= 11 is 0. The second-order valence-electron chi connectivity index (χ2n) is 6.53. The maximum absolute atomic E-state index is 13.4. The standard InChI is InChI=1S/C21H23FN2O2/c1-3-14-7-5-8-15(4-2)20(14)23-21(26)16-11-19(25)24(13-16)18-10-6-9-17(22)12-18/h5-10,12,16H,3-4,11,13H2,1-2H3,(H,23,26). The third kappa shape index (κ3) is 3.62. The Morgan fingerprint density at radius 3 is 2.42 bits per heavy atom. The first-order chi connectivity index (χ1) is 12.5. The smallest absolute Gasteiger partial charge is 0.229 e. The second kappa shape index (κ2) is 7.68. The molecule has 0 spiro atoms. The number of halogens is 1. The van der Waals surface area contributed by atoms with Crippen molar-refractivity contribution in [1.82, 2.24) is 0 Å². The molecule has 1 heterocycles. The van der Waals surface area contributed by atoms with E-state index in [1.807, 2.05) is 18.2 Å². The molecule has 1 saturated heterocycles. The molecule has 0 aliphatic carbocycles. The van der Waals surface area contributed by atoms with Crippen LogP contribution < -0.4 is 10.2 Å². The summed E-state index contributed by atoms with van der Waals surface area (Å²) in [6.07, 6.45) is 1.78. The van der Waals surface area contributed by atoms with Gasteiger partial charge in [-0.2, -0.15) is 0 Å². The number of anilines is 2. The van der Waals surface area contributed by atoms with Gasteiger partial charge in [0.05, 0.1) is 5.92 Å². The molecule has 2 aromatic rings. The lowest BCUT2D eigenvalue weighted by molar-refractivity contribution is -0.122. The van der Waals surface area contributed by atoms with Crippen molar-refractivity contribution in [2.45, 2.75) is 33.1 Å². The van der Waals surface area contributed by atoms with Gasteiger partial charge < -0.3 is 10.2 Å². The number of carbonyl (C=O) groups excluding carboxylic acids is 2. The summed E-state index contributed by atoms with van der Waals surface area (Å²) in [4.78, 5) is 26.6. The quantitative estimate of drug-likeness (QED) is 0.884. The highest BCUT2D eigenvalue weighted by molar-refractivity contribution is 6.04. The number of benzene rings is 2. The van der Waals surface area contributed by atoms with Gasteiger partial charge in [-0.25, -0.2) is 4.39 Å². The van der Waals surface area contributed by atoms with E-state index in [4.69, 9.17) is 0 Å². The maximum Gasteiger partial charge on any atom is 0.229 e. The fraction of sp³-hybridized carbons (Fsp3) is 0.333. The SMILES string of the molecule is CCc1cccc(CC)c1NC(=O)C1CC(=O)N(c2cccc(F)c2)C1. The molecule has 136 valence electrons. The van der Waals surface area contributed by atoms with Gasteiger partial charge in [0.25, 0.3) is 0 Å². The third-order valence-electron chi connectivity index (χ3n) is 4.86. The predicted molar refractivity (Wildman–Crippen MR) is 101 cm³/mol. The van der Waals surface area contributed by atoms with Gasteiger partial charge in [0, 0.05) is 24.3 Å². The topological polar surface area (TPSA) is 49.4 Å². The Morgan fingerprint density at radius 2 is 1.81 bits per heavy atom. The summed E-state index contributed by atoms with van der Waals surface area (Å²) in [6.45, 7) is 4.37. The van der Waals surface area contributed by atoms with Crippen LogP contribution in [0, 0.1) is 11.7 Å². The Balaban J connectivity index is 1.77. The molecule has 2 amide bonds. The van der Waals surface area contributed by atoms with Crippen molar-refractivity contribution < 1.29 is 14.0 Å². The number of para-hydroxylation sites is 1.